The maximum Gasteiger partial charge on any atom is 0.338 e. The number of hydrogen-bond acceptors (Lipinski definition) is 4. The summed E-state index contributed by atoms with van der Waals surface area (Å²) in [6.07, 6.45) is 0.789. The van der Waals surface area contributed by atoms with Crippen molar-refractivity contribution in [3.63, 3.8) is 0 Å². The van der Waals surface area contributed by atoms with E-state index in [4.69, 9.17) is 4.74 Å². The number of hydrogen-bond donors (Lipinski definition) is 2. The van der Waals surface area contributed by atoms with Crippen LogP contribution < -0.4 is 10.6 Å². The normalized spacial score (nSPS) is 10.4. The zero-order valence-electron chi connectivity index (χ0n) is 15.2. The number of benzene rings is 3. The maximum atomic E-state index is 12.3. The number of esters is 1. The standard InChI is InChI=1S/C22H22N2O3/c1-2-14-27-22(26)17-10-12-18(13-11-17)23-15-21(25)24-20-9-5-7-16-6-3-4-8-19(16)20/h3-13,23H,2,14-15H2,1H3,(H,24,25). The molecule has 3 aromatic carbocycles. The van der Waals surface area contributed by atoms with Crippen LogP contribution in [-0.2, 0) is 9.53 Å². The van der Waals surface area contributed by atoms with Crippen molar-refractivity contribution in [3.05, 3.63) is 72.3 Å². The van der Waals surface area contributed by atoms with Gasteiger partial charge in [-0.15, -0.1) is 0 Å². The molecule has 0 saturated heterocycles. The Hall–Kier alpha value is -3.34. The second kappa shape index (κ2) is 8.85. The highest BCUT2D eigenvalue weighted by atomic mass is 16.5. The molecule has 0 aromatic heterocycles. The fraction of sp³-hybridized carbons (Fsp3) is 0.182. The lowest BCUT2D eigenvalue weighted by Gasteiger charge is -2.10. The molecule has 0 unspecified atom stereocenters. The molecule has 27 heavy (non-hydrogen) atoms. The van der Waals surface area contributed by atoms with Gasteiger partial charge in [-0.2, -0.15) is 0 Å². The lowest BCUT2D eigenvalue weighted by atomic mass is 10.1. The van der Waals surface area contributed by atoms with E-state index in [-0.39, 0.29) is 18.4 Å². The van der Waals surface area contributed by atoms with E-state index < -0.39 is 0 Å². The number of rotatable bonds is 7. The maximum absolute atomic E-state index is 12.3. The van der Waals surface area contributed by atoms with Crippen molar-refractivity contribution in [2.45, 2.75) is 13.3 Å². The minimum atomic E-state index is -0.336. The van der Waals surface area contributed by atoms with Crippen LogP contribution in [0, 0.1) is 0 Å². The Morgan fingerprint density at radius 1 is 0.926 bits per heavy atom. The van der Waals surface area contributed by atoms with Crippen LogP contribution in [0.15, 0.2) is 66.7 Å². The Morgan fingerprint density at radius 2 is 1.67 bits per heavy atom. The van der Waals surface area contributed by atoms with Gasteiger partial charge in [0.2, 0.25) is 5.91 Å². The third-order valence-corrected chi connectivity index (χ3v) is 4.07. The monoisotopic (exact) mass is 362 g/mol. The van der Waals surface area contributed by atoms with Crippen LogP contribution in [0.5, 0.6) is 0 Å². The third kappa shape index (κ3) is 4.85. The predicted octanol–water partition coefficient (Wildman–Crippen LogP) is 4.46. The van der Waals surface area contributed by atoms with E-state index in [1.165, 1.54) is 0 Å². The van der Waals surface area contributed by atoms with Crippen molar-refractivity contribution >= 4 is 34.0 Å². The smallest absolute Gasteiger partial charge is 0.338 e. The number of carbonyl (C=O) groups excluding carboxylic acids is 2. The van der Waals surface area contributed by atoms with Gasteiger partial charge >= 0.3 is 5.97 Å². The van der Waals surface area contributed by atoms with Gasteiger partial charge in [0.15, 0.2) is 0 Å². The number of nitrogens with one attached hydrogen (secondary N) is 2. The molecule has 0 aliphatic heterocycles. The van der Waals surface area contributed by atoms with Crippen molar-refractivity contribution in [2.24, 2.45) is 0 Å². The molecule has 0 atom stereocenters. The van der Waals surface area contributed by atoms with Gasteiger partial charge in [0.05, 0.1) is 18.7 Å². The van der Waals surface area contributed by atoms with Crippen molar-refractivity contribution in [1.82, 2.24) is 0 Å². The number of carbonyl (C=O) groups is 2. The predicted molar refractivity (Wildman–Crippen MR) is 108 cm³/mol. The fourth-order valence-electron chi connectivity index (χ4n) is 2.71. The molecule has 0 spiro atoms. The van der Waals surface area contributed by atoms with E-state index in [1.807, 2.05) is 49.4 Å². The van der Waals surface area contributed by atoms with Gasteiger partial charge in [0, 0.05) is 16.8 Å². The first-order valence-electron chi connectivity index (χ1n) is 8.96. The Kier molecular flexibility index (Phi) is 6.05. The molecule has 5 nitrogen and oxygen atoms in total. The van der Waals surface area contributed by atoms with Gasteiger partial charge < -0.3 is 15.4 Å². The van der Waals surface area contributed by atoms with Gasteiger partial charge in [0.25, 0.3) is 0 Å². The highest BCUT2D eigenvalue weighted by molar-refractivity contribution is 6.03. The average Bonchev–Trinajstić information content (AvgIpc) is 2.71. The van der Waals surface area contributed by atoms with E-state index in [0.717, 1.165) is 28.6 Å². The third-order valence-electron chi connectivity index (χ3n) is 4.07. The first kappa shape index (κ1) is 18.5. The van der Waals surface area contributed by atoms with Gasteiger partial charge in [0.1, 0.15) is 0 Å². The van der Waals surface area contributed by atoms with Crippen molar-refractivity contribution in [3.8, 4) is 0 Å². The number of amides is 1. The van der Waals surface area contributed by atoms with Crippen LogP contribution in [-0.4, -0.2) is 25.0 Å². The van der Waals surface area contributed by atoms with Crippen LogP contribution in [0.2, 0.25) is 0 Å². The van der Waals surface area contributed by atoms with E-state index in [1.54, 1.807) is 24.3 Å². The molecule has 0 aliphatic rings. The first-order chi connectivity index (χ1) is 13.2. The average molecular weight is 362 g/mol. The molecule has 0 saturated carbocycles. The Labute approximate surface area is 158 Å². The number of fused-ring (bicyclic) bond motifs is 1. The highest BCUT2D eigenvalue weighted by Gasteiger charge is 2.08. The van der Waals surface area contributed by atoms with E-state index >= 15 is 0 Å². The van der Waals surface area contributed by atoms with Crippen LogP contribution in [0.25, 0.3) is 10.8 Å². The van der Waals surface area contributed by atoms with Crippen molar-refractivity contribution in [1.29, 1.82) is 0 Å². The first-order valence-corrected chi connectivity index (χ1v) is 8.96. The largest absolute Gasteiger partial charge is 0.462 e. The minimum absolute atomic E-state index is 0.128. The van der Waals surface area contributed by atoms with Crippen LogP contribution in [0.1, 0.15) is 23.7 Å². The van der Waals surface area contributed by atoms with Gasteiger partial charge in [-0.1, -0.05) is 43.3 Å². The quantitative estimate of drug-likeness (QED) is 0.609. The molecular weight excluding hydrogens is 340 g/mol. The SMILES string of the molecule is CCCOC(=O)c1ccc(NCC(=O)Nc2cccc3ccccc23)cc1. The second-order valence-corrected chi connectivity index (χ2v) is 6.14. The Bertz CT molecular complexity index is 930. The molecule has 0 heterocycles. The molecule has 2 N–H and O–H groups in total. The van der Waals surface area contributed by atoms with E-state index in [2.05, 4.69) is 10.6 Å². The number of anilines is 2. The van der Waals surface area contributed by atoms with Gasteiger partial charge in [-0.3, -0.25) is 4.79 Å². The lowest BCUT2D eigenvalue weighted by molar-refractivity contribution is -0.114. The van der Waals surface area contributed by atoms with Crippen LogP contribution in [0.3, 0.4) is 0 Å². The fourth-order valence-corrected chi connectivity index (χ4v) is 2.71. The molecule has 0 radical (unpaired) electrons. The van der Waals surface area contributed by atoms with Crippen LogP contribution in [0.4, 0.5) is 11.4 Å². The van der Waals surface area contributed by atoms with E-state index in [0.29, 0.717) is 12.2 Å². The lowest BCUT2D eigenvalue weighted by Crippen LogP contribution is -2.21. The number of ether oxygens (including phenoxy) is 1. The summed E-state index contributed by atoms with van der Waals surface area (Å²) in [5.74, 6) is -0.477. The Morgan fingerprint density at radius 3 is 2.44 bits per heavy atom. The molecule has 5 heteroatoms. The summed E-state index contributed by atoms with van der Waals surface area (Å²) in [5, 5.41) is 8.07. The molecule has 0 bridgehead atoms. The molecular formula is C22H22N2O3. The van der Waals surface area contributed by atoms with Gasteiger partial charge in [-0.05, 0) is 42.1 Å². The summed E-state index contributed by atoms with van der Waals surface area (Å²) in [4.78, 5) is 24.1. The Balaban J connectivity index is 1.57. The summed E-state index contributed by atoms with van der Waals surface area (Å²) in [7, 11) is 0. The summed E-state index contributed by atoms with van der Waals surface area (Å²) in [5.41, 5.74) is 2.04. The molecule has 0 aliphatic carbocycles. The van der Waals surface area contributed by atoms with E-state index in [9.17, 15) is 9.59 Å². The second-order valence-electron chi connectivity index (χ2n) is 6.14. The van der Waals surface area contributed by atoms with Gasteiger partial charge in [-0.25, -0.2) is 4.79 Å². The highest BCUT2D eigenvalue weighted by Crippen LogP contribution is 2.22. The zero-order chi connectivity index (χ0) is 19.1. The zero-order valence-corrected chi connectivity index (χ0v) is 15.2. The summed E-state index contributed by atoms with van der Waals surface area (Å²) in [6, 6.07) is 20.6. The molecule has 1 amide bonds. The molecule has 3 aromatic rings. The summed E-state index contributed by atoms with van der Waals surface area (Å²) >= 11 is 0. The molecule has 138 valence electrons. The topological polar surface area (TPSA) is 67.4 Å². The summed E-state index contributed by atoms with van der Waals surface area (Å²) in [6.45, 7) is 2.49. The summed E-state index contributed by atoms with van der Waals surface area (Å²) < 4.78 is 5.09. The minimum Gasteiger partial charge on any atom is -0.462 e. The molecule has 0 fully saturated rings. The molecule has 3 rings (SSSR count). The van der Waals surface area contributed by atoms with Crippen LogP contribution >= 0.6 is 0 Å². The van der Waals surface area contributed by atoms with Crippen molar-refractivity contribution in [2.75, 3.05) is 23.8 Å². The van der Waals surface area contributed by atoms with Crippen molar-refractivity contribution < 1.29 is 14.3 Å².